The van der Waals surface area contributed by atoms with Gasteiger partial charge in [0.1, 0.15) is 4.83 Å². The van der Waals surface area contributed by atoms with Crippen molar-refractivity contribution in [2.45, 2.75) is 39.2 Å². The molecule has 0 fully saturated rings. The fraction of sp³-hybridized carbons (Fsp3) is 0.269. The first-order valence-corrected chi connectivity index (χ1v) is 11.9. The average molecular weight is 445 g/mol. The van der Waals surface area contributed by atoms with E-state index in [1.54, 1.807) is 30.0 Å². The molecular weight excluding hydrogens is 420 g/mol. The number of hydrogen-bond donors (Lipinski definition) is 0. The van der Waals surface area contributed by atoms with E-state index in [1.807, 2.05) is 17.5 Å². The van der Waals surface area contributed by atoms with Crippen molar-refractivity contribution in [2.24, 2.45) is 0 Å². The van der Waals surface area contributed by atoms with Crippen LogP contribution in [0.3, 0.4) is 0 Å². The molecule has 0 amide bonds. The van der Waals surface area contributed by atoms with Gasteiger partial charge < -0.3 is 4.74 Å². The number of esters is 1. The Bertz CT molecular complexity index is 1350. The van der Waals surface area contributed by atoms with E-state index >= 15 is 0 Å². The first kappa shape index (κ1) is 20.6. The molecule has 2 aromatic heterocycles. The minimum Gasteiger partial charge on any atom is -0.462 e. The van der Waals surface area contributed by atoms with E-state index in [4.69, 9.17) is 4.74 Å². The normalized spacial score (nSPS) is 13.2. The molecule has 1 aliphatic carbocycles. The zero-order valence-electron chi connectivity index (χ0n) is 18.0. The lowest BCUT2D eigenvalue weighted by Gasteiger charge is -2.16. The van der Waals surface area contributed by atoms with Crippen LogP contribution in [0, 0.1) is 0 Å². The Hall–Kier alpha value is -3.25. The van der Waals surface area contributed by atoms with E-state index in [0.717, 1.165) is 34.4 Å². The Kier molecular flexibility index (Phi) is 5.62. The molecule has 4 aromatic rings. The molecule has 5 rings (SSSR count). The highest BCUT2D eigenvalue weighted by atomic mass is 32.1. The van der Waals surface area contributed by atoms with Gasteiger partial charge in [0.15, 0.2) is 0 Å². The highest BCUT2D eigenvalue weighted by Crippen LogP contribution is 2.33. The smallest absolute Gasteiger partial charge is 0.338 e. The number of ether oxygens (including phenoxy) is 1. The van der Waals surface area contributed by atoms with Crippen molar-refractivity contribution < 1.29 is 9.53 Å². The first-order chi connectivity index (χ1) is 15.6. The third-order valence-corrected chi connectivity index (χ3v) is 6.92. The number of fused-ring (bicyclic) bond motifs is 2. The van der Waals surface area contributed by atoms with Gasteiger partial charge >= 0.3 is 5.97 Å². The molecule has 2 aromatic carbocycles. The van der Waals surface area contributed by atoms with E-state index in [1.165, 1.54) is 35.3 Å². The maximum atomic E-state index is 13.4. The van der Waals surface area contributed by atoms with Crippen LogP contribution in [0.4, 0.5) is 0 Å². The summed E-state index contributed by atoms with van der Waals surface area (Å²) in [5.74, 6) is -0.340. The van der Waals surface area contributed by atoms with E-state index in [0.29, 0.717) is 24.1 Å². The molecule has 32 heavy (non-hydrogen) atoms. The number of carbonyl (C=O) groups excluding carboxylic acids is 1. The Labute approximate surface area is 190 Å². The fourth-order valence-corrected chi connectivity index (χ4v) is 5.26. The molecule has 0 saturated heterocycles. The standard InChI is InChI=1S/C26H24N2O3S/c1-2-31-26(30)19-9-7-17(8-10-19)14-28-16-27-24-23(25(28)29)22(15-32-24)21-12-11-18-5-3-4-6-20(18)13-21/h7-13,15-16H,2-6,14H2,1H3. The molecule has 0 bridgehead atoms. The summed E-state index contributed by atoms with van der Waals surface area (Å²) in [5.41, 5.74) is 6.27. The van der Waals surface area contributed by atoms with Gasteiger partial charge in [-0.05, 0) is 67.0 Å². The van der Waals surface area contributed by atoms with Crippen LogP contribution >= 0.6 is 11.3 Å². The van der Waals surface area contributed by atoms with E-state index < -0.39 is 0 Å². The maximum absolute atomic E-state index is 13.4. The van der Waals surface area contributed by atoms with Crippen LogP contribution in [-0.2, 0) is 24.1 Å². The van der Waals surface area contributed by atoms with E-state index in [9.17, 15) is 9.59 Å². The van der Waals surface area contributed by atoms with Gasteiger partial charge in [-0.1, -0.05) is 30.3 Å². The third kappa shape index (κ3) is 3.86. The molecule has 5 nitrogen and oxygen atoms in total. The van der Waals surface area contributed by atoms with Crippen molar-refractivity contribution in [2.75, 3.05) is 6.61 Å². The molecule has 0 unspecified atom stereocenters. The van der Waals surface area contributed by atoms with Gasteiger partial charge in [-0.2, -0.15) is 0 Å². The van der Waals surface area contributed by atoms with Crippen molar-refractivity contribution in [3.05, 3.63) is 86.8 Å². The highest BCUT2D eigenvalue weighted by Gasteiger charge is 2.16. The predicted molar refractivity (Wildman–Crippen MR) is 127 cm³/mol. The molecule has 0 atom stereocenters. The Morgan fingerprint density at radius 2 is 1.88 bits per heavy atom. The predicted octanol–water partition coefficient (Wildman–Crippen LogP) is 5.23. The molecule has 0 saturated carbocycles. The highest BCUT2D eigenvalue weighted by molar-refractivity contribution is 7.17. The number of aryl methyl sites for hydroxylation is 2. The van der Waals surface area contributed by atoms with Gasteiger partial charge in [0.2, 0.25) is 0 Å². The van der Waals surface area contributed by atoms with Crippen LogP contribution in [0.15, 0.2) is 59.0 Å². The lowest BCUT2D eigenvalue weighted by atomic mass is 9.89. The second kappa shape index (κ2) is 8.71. The molecule has 0 N–H and O–H groups in total. The third-order valence-electron chi connectivity index (χ3n) is 6.04. The van der Waals surface area contributed by atoms with E-state index in [2.05, 4.69) is 23.2 Å². The van der Waals surface area contributed by atoms with Gasteiger partial charge in [-0.25, -0.2) is 9.78 Å². The summed E-state index contributed by atoms with van der Waals surface area (Å²) in [7, 11) is 0. The average Bonchev–Trinajstić information content (AvgIpc) is 3.26. The number of nitrogens with zero attached hydrogens (tertiary/aromatic N) is 2. The molecule has 6 heteroatoms. The second-order valence-electron chi connectivity index (χ2n) is 8.12. The van der Waals surface area contributed by atoms with Gasteiger partial charge in [-0.3, -0.25) is 9.36 Å². The van der Waals surface area contributed by atoms with Crippen molar-refractivity contribution in [3.63, 3.8) is 0 Å². The van der Waals surface area contributed by atoms with Gasteiger partial charge in [-0.15, -0.1) is 11.3 Å². The van der Waals surface area contributed by atoms with Crippen LogP contribution in [-0.4, -0.2) is 22.1 Å². The van der Waals surface area contributed by atoms with Crippen LogP contribution in [0.2, 0.25) is 0 Å². The maximum Gasteiger partial charge on any atom is 0.338 e. The van der Waals surface area contributed by atoms with E-state index in [-0.39, 0.29) is 11.5 Å². The molecule has 1 aliphatic rings. The van der Waals surface area contributed by atoms with Gasteiger partial charge in [0, 0.05) is 10.9 Å². The summed E-state index contributed by atoms with van der Waals surface area (Å²) < 4.78 is 6.67. The van der Waals surface area contributed by atoms with Crippen molar-refractivity contribution in [1.82, 2.24) is 9.55 Å². The number of carbonyl (C=O) groups is 1. The van der Waals surface area contributed by atoms with Crippen molar-refractivity contribution in [3.8, 4) is 11.1 Å². The fourth-order valence-electron chi connectivity index (χ4n) is 4.35. The molecule has 2 heterocycles. The Morgan fingerprint density at radius 1 is 1.09 bits per heavy atom. The number of thiophene rings is 1. The molecule has 0 spiro atoms. The second-order valence-corrected chi connectivity index (χ2v) is 8.97. The summed E-state index contributed by atoms with van der Waals surface area (Å²) in [6, 6.07) is 13.8. The summed E-state index contributed by atoms with van der Waals surface area (Å²) in [5, 5.41) is 2.72. The number of hydrogen-bond acceptors (Lipinski definition) is 5. The number of aromatic nitrogens is 2. The van der Waals surface area contributed by atoms with Gasteiger partial charge in [0.25, 0.3) is 5.56 Å². The number of rotatable bonds is 5. The lowest BCUT2D eigenvalue weighted by molar-refractivity contribution is 0.0526. The first-order valence-electron chi connectivity index (χ1n) is 11.0. The SMILES string of the molecule is CCOC(=O)c1ccc(Cn2cnc3scc(-c4ccc5c(c4)CCCC5)c3c2=O)cc1. The molecule has 0 aliphatic heterocycles. The summed E-state index contributed by atoms with van der Waals surface area (Å²) in [6.07, 6.45) is 6.34. The lowest BCUT2D eigenvalue weighted by Crippen LogP contribution is -2.21. The van der Waals surface area contributed by atoms with Crippen LogP contribution in [0.5, 0.6) is 0 Å². The summed E-state index contributed by atoms with van der Waals surface area (Å²) in [6.45, 7) is 2.52. The van der Waals surface area contributed by atoms with Crippen LogP contribution in [0.25, 0.3) is 21.3 Å². The van der Waals surface area contributed by atoms with Crippen LogP contribution in [0.1, 0.15) is 46.8 Å². The minimum atomic E-state index is -0.340. The summed E-state index contributed by atoms with van der Waals surface area (Å²) in [4.78, 5) is 30.6. The van der Waals surface area contributed by atoms with Crippen molar-refractivity contribution in [1.29, 1.82) is 0 Å². The minimum absolute atomic E-state index is 0.0431. The Balaban J connectivity index is 1.48. The number of benzene rings is 2. The largest absolute Gasteiger partial charge is 0.462 e. The summed E-state index contributed by atoms with van der Waals surface area (Å²) >= 11 is 1.51. The quantitative estimate of drug-likeness (QED) is 0.396. The molecule has 0 radical (unpaired) electrons. The topological polar surface area (TPSA) is 61.2 Å². The zero-order chi connectivity index (χ0) is 22.1. The van der Waals surface area contributed by atoms with Crippen molar-refractivity contribution >= 4 is 27.5 Å². The van der Waals surface area contributed by atoms with Crippen LogP contribution < -0.4 is 5.56 Å². The van der Waals surface area contributed by atoms with Gasteiger partial charge in [0.05, 0.1) is 30.4 Å². The molecule has 162 valence electrons. The zero-order valence-corrected chi connectivity index (χ0v) is 18.8. The molecular formula is C26H24N2O3S. The Morgan fingerprint density at radius 3 is 2.66 bits per heavy atom. The monoisotopic (exact) mass is 444 g/mol.